The Labute approximate surface area is 99.0 Å². The fraction of sp³-hybridized carbons (Fsp3) is 0.917. The second kappa shape index (κ2) is 6.21. The molecule has 1 aliphatic heterocycles. The molecule has 4 heteroatoms. The summed E-state index contributed by atoms with van der Waals surface area (Å²) in [6.07, 6.45) is 2.17. The summed E-state index contributed by atoms with van der Waals surface area (Å²) in [5, 5.41) is 3.13. The van der Waals surface area contributed by atoms with Gasteiger partial charge in [0.05, 0.1) is 0 Å². The zero-order valence-electron chi connectivity index (χ0n) is 11.0. The molecular formula is C12H25N3O. The number of hydrogen-bond acceptors (Lipinski definition) is 3. The number of rotatable bonds is 4. The molecule has 1 aliphatic rings. The van der Waals surface area contributed by atoms with E-state index < -0.39 is 0 Å². The number of nitrogens with one attached hydrogen (secondary N) is 1. The summed E-state index contributed by atoms with van der Waals surface area (Å²) in [4.78, 5) is 16.5. The summed E-state index contributed by atoms with van der Waals surface area (Å²) in [6, 6.07) is 0.369. The van der Waals surface area contributed by atoms with Crippen LogP contribution in [0.2, 0.25) is 0 Å². The van der Waals surface area contributed by atoms with E-state index in [-0.39, 0.29) is 11.9 Å². The zero-order valence-corrected chi connectivity index (χ0v) is 11.0. The smallest absolute Gasteiger partial charge is 0.241 e. The number of nitrogens with zero attached hydrogens (tertiary/aromatic N) is 2. The highest BCUT2D eigenvalue weighted by molar-refractivity contribution is 5.82. The topological polar surface area (TPSA) is 35.6 Å². The molecule has 0 bridgehead atoms. The molecule has 0 aromatic carbocycles. The average Bonchev–Trinajstić information content (AvgIpc) is 2.37. The second-order valence-corrected chi connectivity index (χ2v) is 4.70. The van der Waals surface area contributed by atoms with Gasteiger partial charge in [0.1, 0.15) is 6.04 Å². The molecule has 1 rings (SSSR count). The summed E-state index contributed by atoms with van der Waals surface area (Å²) in [5.41, 5.74) is 0. The minimum Gasteiger partial charge on any atom is -0.342 e. The van der Waals surface area contributed by atoms with Crippen molar-refractivity contribution in [1.82, 2.24) is 15.1 Å². The van der Waals surface area contributed by atoms with Crippen LogP contribution in [0.25, 0.3) is 0 Å². The molecule has 2 unspecified atom stereocenters. The summed E-state index contributed by atoms with van der Waals surface area (Å²) in [7, 11) is 3.83. The lowest BCUT2D eigenvalue weighted by atomic mass is 10.2. The van der Waals surface area contributed by atoms with Gasteiger partial charge in [0.25, 0.3) is 0 Å². The van der Waals surface area contributed by atoms with Crippen LogP contribution < -0.4 is 5.32 Å². The Hall–Kier alpha value is -0.610. The molecule has 94 valence electrons. The molecular weight excluding hydrogens is 202 g/mol. The maximum absolute atomic E-state index is 12.3. The Bertz CT molecular complexity index is 232. The van der Waals surface area contributed by atoms with Crippen molar-refractivity contribution in [3.63, 3.8) is 0 Å². The van der Waals surface area contributed by atoms with E-state index in [1.54, 1.807) is 0 Å². The van der Waals surface area contributed by atoms with Gasteiger partial charge in [-0.1, -0.05) is 6.92 Å². The highest BCUT2D eigenvalue weighted by atomic mass is 16.2. The van der Waals surface area contributed by atoms with Gasteiger partial charge in [0.2, 0.25) is 5.91 Å². The van der Waals surface area contributed by atoms with Crippen molar-refractivity contribution in [2.45, 2.75) is 38.8 Å². The van der Waals surface area contributed by atoms with E-state index >= 15 is 0 Å². The Morgan fingerprint density at radius 3 is 2.75 bits per heavy atom. The third-order valence-corrected chi connectivity index (χ3v) is 3.48. The van der Waals surface area contributed by atoms with E-state index in [1.807, 2.05) is 19.0 Å². The van der Waals surface area contributed by atoms with Crippen molar-refractivity contribution in [2.24, 2.45) is 0 Å². The molecule has 1 N–H and O–H groups in total. The molecule has 2 atom stereocenters. The van der Waals surface area contributed by atoms with E-state index in [0.29, 0.717) is 6.04 Å². The fourth-order valence-corrected chi connectivity index (χ4v) is 2.28. The lowest BCUT2D eigenvalue weighted by Gasteiger charge is -2.29. The minimum absolute atomic E-state index is 0.0138. The van der Waals surface area contributed by atoms with Gasteiger partial charge < -0.3 is 10.2 Å². The number of carbonyl (C=O) groups excluding carboxylic acids is 1. The standard InChI is InChI=1S/C12H25N3O/c1-5-7-15-8-6-10(2)14(4)12(16)11(15)9-13-3/h10-11,13H,5-9H2,1-4H3. The molecule has 4 nitrogen and oxygen atoms in total. The Kier molecular flexibility index (Phi) is 5.22. The highest BCUT2D eigenvalue weighted by Gasteiger charge is 2.32. The second-order valence-electron chi connectivity index (χ2n) is 4.70. The normalized spacial score (nSPS) is 28.2. The first-order chi connectivity index (χ1) is 7.61. The summed E-state index contributed by atoms with van der Waals surface area (Å²) >= 11 is 0. The van der Waals surface area contributed by atoms with Crippen molar-refractivity contribution < 1.29 is 4.79 Å². The molecule has 0 radical (unpaired) electrons. The maximum atomic E-state index is 12.3. The molecule has 1 saturated heterocycles. The number of likely N-dealkylation sites (N-methyl/N-ethyl adjacent to an activating group) is 2. The van der Waals surface area contributed by atoms with Gasteiger partial charge in [-0.25, -0.2) is 0 Å². The van der Waals surface area contributed by atoms with Crippen LogP contribution in [-0.2, 0) is 4.79 Å². The SMILES string of the molecule is CCCN1CCC(C)N(C)C(=O)C1CNC. The van der Waals surface area contributed by atoms with Crippen LogP contribution in [-0.4, -0.2) is 61.5 Å². The van der Waals surface area contributed by atoms with E-state index in [2.05, 4.69) is 24.1 Å². The number of hydrogen-bond donors (Lipinski definition) is 1. The van der Waals surface area contributed by atoms with Crippen LogP contribution in [0.1, 0.15) is 26.7 Å². The fourth-order valence-electron chi connectivity index (χ4n) is 2.28. The van der Waals surface area contributed by atoms with Gasteiger partial charge in [-0.3, -0.25) is 9.69 Å². The van der Waals surface area contributed by atoms with Gasteiger partial charge in [0.15, 0.2) is 0 Å². The van der Waals surface area contributed by atoms with Crippen LogP contribution in [0.3, 0.4) is 0 Å². The van der Waals surface area contributed by atoms with Crippen molar-refractivity contribution >= 4 is 5.91 Å². The van der Waals surface area contributed by atoms with E-state index in [4.69, 9.17) is 0 Å². The van der Waals surface area contributed by atoms with Crippen molar-refractivity contribution in [2.75, 3.05) is 33.7 Å². The van der Waals surface area contributed by atoms with Crippen LogP contribution in [0.5, 0.6) is 0 Å². The van der Waals surface area contributed by atoms with Crippen LogP contribution >= 0.6 is 0 Å². The van der Waals surface area contributed by atoms with Gasteiger partial charge >= 0.3 is 0 Å². The molecule has 1 fully saturated rings. The molecule has 0 aromatic heterocycles. The number of carbonyl (C=O) groups is 1. The lowest BCUT2D eigenvalue weighted by molar-refractivity contribution is -0.135. The molecule has 0 aromatic rings. The van der Waals surface area contributed by atoms with Crippen LogP contribution in [0.4, 0.5) is 0 Å². The van der Waals surface area contributed by atoms with E-state index in [9.17, 15) is 4.79 Å². The quantitative estimate of drug-likeness (QED) is 0.761. The van der Waals surface area contributed by atoms with E-state index in [1.165, 1.54) is 0 Å². The molecule has 0 spiro atoms. The van der Waals surface area contributed by atoms with Crippen molar-refractivity contribution in [3.05, 3.63) is 0 Å². The lowest BCUT2D eigenvalue weighted by Crippen LogP contribution is -2.50. The summed E-state index contributed by atoms with van der Waals surface area (Å²) in [5.74, 6) is 0.257. The van der Waals surface area contributed by atoms with Gasteiger partial charge in [-0.05, 0) is 33.4 Å². The van der Waals surface area contributed by atoms with E-state index in [0.717, 1.165) is 32.5 Å². The zero-order chi connectivity index (χ0) is 12.1. The Balaban J connectivity index is 2.79. The minimum atomic E-state index is 0.0138. The number of amides is 1. The largest absolute Gasteiger partial charge is 0.342 e. The molecule has 1 amide bonds. The Morgan fingerprint density at radius 2 is 2.19 bits per heavy atom. The molecule has 16 heavy (non-hydrogen) atoms. The summed E-state index contributed by atoms with van der Waals surface area (Å²) < 4.78 is 0. The summed E-state index contributed by atoms with van der Waals surface area (Å²) in [6.45, 7) is 7.08. The Morgan fingerprint density at radius 1 is 1.50 bits per heavy atom. The van der Waals surface area contributed by atoms with Crippen LogP contribution in [0.15, 0.2) is 0 Å². The third-order valence-electron chi connectivity index (χ3n) is 3.48. The maximum Gasteiger partial charge on any atom is 0.241 e. The van der Waals surface area contributed by atoms with Crippen LogP contribution in [0, 0.1) is 0 Å². The highest BCUT2D eigenvalue weighted by Crippen LogP contribution is 2.15. The first kappa shape index (κ1) is 13.5. The molecule has 1 heterocycles. The van der Waals surface area contributed by atoms with Gasteiger partial charge in [-0.2, -0.15) is 0 Å². The first-order valence-corrected chi connectivity index (χ1v) is 6.27. The van der Waals surface area contributed by atoms with Crippen molar-refractivity contribution in [1.29, 1.82) is 0 Å². The monoisotopic (exact) mass is 227 g/mol. The first-order valence-electron chi connectivity index (χ1n) is 6.27. The molecule has 0 aliphatic carbocycles. The van der Waals surface area contributed by atoms with Gasteiger partial charge in [0, 0.05) is 26.2 Å². The average molecular weight is 227 g/mol. The molecule has 0 saturated carbocycles. The third kappa shape index (κ3) is 2.95. The van der Waals surface area contributed by atoms with Gasteiger partial charge in [-0.15, -0.1) is 0 Å². The van der Waals surface area contributed by atoms with Crippen molar-refractivity contribution in [3.8, 4) is 0 Å². The predicted molar refractivity (Wildman–Crippen MR) is 66.4 cm³/mol. The predicted octanol–water partition coefficient (Wildman–Crippen LogP) is 0.537.